The van der Waals surface area contributed by atoms with Gasteiger partial charge in [0.1, 0.15) is 5.82 Å². The Kier molecular flexibility index (Phi) is 5.03. The van der Waals surface area contributed by atoms with E-state index in [1.54, 1.807) is 0 Å². The molecule has 0 aromatic carbocycles. The lowest BCUT2D eigenvalue weighted by atomic mass is 9.92. The van der Waals surface area contributed by atoms with Crippen LogP contribution in [0.3, 0.4) is 0 Å². The van der Waals surface area contributed by atoms with Gasteiger partial charge < -0.3 is 10.2 Å². The van der Waals surface area contributed by atoms with Crippen LogP contribution in [0, 0.1) is 18.8 Å². The van der Waals surface area contributed by atoms with E-state index in [1.807, 2.05) is 0 Å². The van der Waals surface area contributed by atoms with Crippen molar-refractivity contribution in [3.05, 3.63) is 23.4 Å². The molecular weight excluding hydrogens is 246 g/mol. The van der Waals surface area contributed by atoms with Crippen LogP contribution < -0.4 is 10.2 Å². The molecule has 1 saturated heterocycles. The van der Waals surface area contributed by atoms with Crippen molar-refractivity contribution < 1.29 is 0 Å². The molecule has 2 unspecified atom stereocenters. The fourth-order valence-corrected chi connectivity index (χ4v) is 3.10. The zero-order valence-electron chi connectivity index (χ0n) is 13.6. The molecule has 3 heteroatoms. The number of aromatic nitrogens is 1. The van der Waals surface area contributed by atoms with Crippen LogP contribution in [0.4, 0.5) is 5.82 Å². The van der Waals surface area contributed by atoms with Crippen LogP contribution in [0.1, 0.15) is 45.4 Å². The molecule has 1 aromatic heterocycles. The standard InChI is InChI=1S/C17H29N3/c1-12(2)18-9-16-6-7-17(19-15(16)5)20-10-13(3)8-14(4)11-20/h6-7,12-14,18H,8-11H2,1-5H3. The van der Waals surface area contributed by atoms with Gasteiger partial charge in [0.05, 0.1) is 0 Å². The Labute approximate surface area is 123 Å². The highest BCUT2D eigenvalue weighted by Gasteiger charge is 2.22. The van der Waals surface area contributed by atoms with E-state index < -0.39 is 0 Å². The second-order valence-corrected chi connectivity index (χ2v) is 6.80. The molecule has 1 aliphatic rings. The third-order valence-corrected chi connectivity index (χ3v) is 4.07. The number of aryl methyl sites for hydroxylation is 1. The van der Waals surface area contributed by atoms with Crippen molar-refractivity contribution in [2.24, 2.45) is 11.8 Å². The van der Waals surface area contributed by atoms with Crippen molar-refractivity contribution in [2.75, 3.05) is 18.0 Å². The van der Waals surface area contributed by atoms with Crippen LogP contribution in [0.5, 0.6) is 0 Å². The third kappa shape index (κ3) is 3.95. The molecule has 2 atom stereocenters. The number of anilines is 1. The summed E-state index contributed by atoms with van der Waals surface area (Å²) in [6.07, 6.45) is 1.34. The molecule has 1 fully saturated rings. The Morgan fingerprint density at radius 1 is 1.25 bits per heavy atom. The Morgan fingerprint density at radius 2 is 1.90 bits per heavy atom. The first-order chi connectivity index (χ1) is 9.45. The molecule has 1 aromatic rings. The number of piperidine rings is 1. The summed E-state index contributed by atoms with van der Waals surface area (Å²) in [4.78, 5) is 7.28. The number of nitrogens with one attached hydrogen (secondary N) is 1. The van der Waals surface area contributed by atoms with Crippen molar-refractivity contribution in [1.29, 1.82) is 0 Å². The lowest BCUT2D eigenvalue weighted by Crippen LogP contribution is -2.39. The molecule has 1 N–H and O–H groups in total. The topological polar surface area (TPSA) is 28.2 Å². The van der Waals surface area contributed by atoms with Crippen LogP contribution >= 0.6 is 0 Å². The second-order valence-electron chi connectivity index (χ2n) is 6.80. The van der Waals surface area contributed by atoms with E-state index in [1.165, 1.54) is 12.0 Å². The van der Waals surface area contributed by atoms with Gasteiger partial charge in [-0.25, -0.2) is 4.98 Å². The van der Waals surface area contributed by atoms with Gasteiger partial charge in [0, 0.05) is 31.4 Å². The van der Waals surface area contributed by atoms with Crippen LogP contribution in [0.2, 0.25) is 0 Å². The highest BCUT2D eigenvalue weighted by atomic mass is 15.2. The van der Waals surface area contributed by atoms with Crippen LogP contribution in [-0.4, -0.2) is 24.1 Å². The number of nitrogens with zero attached hydrogens (tertiary/aromatic N) is 2. The minimum atomic E-state index is 0.512. The smallest absolute Gasteiger partial charge is 0.128 e. The Morgan fingerprint density at radius 3 is 2.45 bits per heavy atom. The van der Waals surface area contributed by atoms with Gasteiger partial charge in [0.2, 0.25) is 0 Å². The summed E-state index contributed by atoms with van der Waals surface area (Å²) >= 11 is 0. The molecule has 0 saturated carbocycles. The SMILES string of the molecule is Cc1nc(N2CC(C)CC(C)C2)ccc1CNC(C)C. The molecule has 0 aliphatic carbocycles. The second kappa shape index (κ2) is 6.57. The quantitative estimate of drug-likeness (QED) is 0.913. The average Bonchev–Trinajstić information content (AvgIpc) is 2.35. The predicted molar refractivity (Wildman–Crippen MR) is 86.1 cm³/mol. The van der Waals surface area contributed by atoms with E-state index in [4.69, 9.17) is 4.98 Å². The summed E-state index contributed by atoms with van der Waals surface area (Å²) in [5.74, 6) is 2.68. The van der Waals surface area contributed by atoms with Crippen molar-refractivity contribution in [2.45, 2.75) is 53.6 Å². The summed E-state index contributed by atoms with van der Waals surface area (Å²) in [5, 5.41) is 3.46. The first-order valence-corrected chi connectivity index (χ1v) is 7.90. The summed E-state index contributed by atoms with van der Waals surface area (Å²) in [7, 11) is 0. The summed E-state index contributed by atoms with van der Waals surface area (Å²) in [6.45, 7) is 14.3. The van der Waals surface area contributed by atoms with E-state index >= 15 is 0 Å². The molecular formula is C17H29N3. The maximum absolute atomic E-state index is 4.83. The lowest BCUT2D eigenvalue weighted by molar-refractivity contribution is 0.355. The molecule has 3 nitrogen and oxygen atoms in total. The highest BCUT2D eigenvalue weighted by molar-refractivity contribution is 5.42. The summed E-state index contributed by atoms with van der Waals surface area (Å²) < 4.78 is 0. The fraction of sp³-hybridized carbons (Fsp3) is 0.706. The zero-order valence-corrected chi connectivity index (χ0v) is 13.6. The maximum Gasteiger partial charge on any atom is 0.128 e. The molecule has 0 amide bonds. The first kappa shape index (κ1) is 15.3. The van der Waals surface area contributed by atoms with Gasteiger partial charge >= 0.3 is 0 Å². The fourth-order valence-electron chi connectivity index (χ4n) is 3.10. The Balaban J connectivity index is 2.08. The molecule has 2 rings (SSSR count). The third-order valence-electron chi connectivity index (χ3n) is 4.07. The Bertz CT molecular complexity index is 432. The van der Waals surface area contributed by atoms with Crippen molar-refractivity contribution in [1.82, 2.24) is 10.3 Å². The molecule has 20 heavy (non-hydrogen) atoms. The van der Waals surface area contributed by atoms with Gasteiger partial charge in [0.25, 0.3) is 0 Å². The normalized spacial score (nSPS) is 23.4. The highest BCUT2D eigenvalue weighted by Crippen LogP contribution is 2.25. The van der Waals surface area contributed by atoms with Gasteiger partial charge in [-0.3, -0.25) is 0 Å². The van der Waals surface area contributed by atoms with E-state index in [0.717, 1.165) is 43.0 Å². The minimum Gasteiger partial charge on any atom is -0.356 e. The van der Waals surface area contributed by atoms with E-state index in [-0.39, 0.29) is 0 Å². The number of hydrogen-bond donors (Lipinski definition) is 1. The zero-order chi connectivity index (χ0) is 14.7. The van der Waals surface area contributed by atoms with Crippen LogP contribution in [0.25, 0.3) is 0 Å². The lowest BCUT2D eigenvalue weighted by Gasteiger charge is -2.36. The van der Waals surface area contributed by atoms with Gasteiger partial charge in [-0.15, -0.1) is 0 Å². The van der Waals surface area contributed by atoms with Crippen molar-refractivity contribution in [3.63, 3.8) is 0 Å². The van der Waals surface area contributed by atoms with Gasteiger partial charge in [-0.05, 0) is 36.8 Å². The van der Waals surface area contributed by atoms with Crippen molar-refractivity contribution >= 4 is 5.82 Å². The molecule has 0 spiro atoms. The molecule has 112 valence electrons. The summed E-state index contributed by atoms with van der Waals surface area (Å²) in [6, 6.07) is 4.93. The minimum absolute atomic E-state index is 0.512. The number of pyridine rings is 1. The maximum atomic E-state index is 4.83. The number of hydrogen-bond acceptors (Lipinski definition) is 3. The van der Waals surface area contributed by atoms with E-state index in [9.17, 15) is 0 Å². The monoisotopic (exact) mass is 275 g/mol. The van der Waals surface area contributed by atoms with Crippen LogP contribution in [-0.2, 0) is 6.54 Å². The molecule has 0 radical (unpaired) electrons. The Hall–Kier alpha value is -1.09. The van der Waals surface area contributed by atoms with Gasteiger partial charge in [-0.1, -0.05) is 33.8 Å². The van der Waals surface area contributed by atoms with Gasteiger partial charge in [-0.2, -0.15) is 0 Å². The summed E-state index contributed by atoms with van der Waals surface area (Å²) in [5.41, 5.74) is 2.46. The first-order valence-electron chi connectivity index (χ1n) is 7.90. The largest absolute Gasteiger partial charge is 0.356 e. The van der Waals surface area contributed by atoms with E-state index in [2.05, 4.69) is 57.0 Å². The molecule has 2 heterocycles. The predicted octanol–water partition coefficient (Wildman–Crippen LogP) is 3.37. The van der Waals surface area contributed by atoms with E-state index in [0.29, 0.717) is 6.04 Å². The number of rotatable bonds is 4. The molecule has 0 bridgehead atoms. The van der Waals surface area contributed by atoms with Crippen LogP contribution in [0.15, 0.2) is 12.1 Å². The average molecular weight is 275 g/mol. The van der Waals surface area contributed by atoms with Crippen molar-refractivity contribution in [3.8, 4) is 0 Å². The van der Waals surface area contributed by atoms with Gasteiger partial charge in [0.15, 0.2) is 0 Å². The molecule has 1 aliphatic heterocycles.